The first kappa shape index (κ1) is 23.3. The summed E-state index contributed by atoms with van der Waals surface area (Å²) in [6, 6.07) is 4.08. The molecule has 3 N–H and O–H groups in total. The number of hydrogen-bond donors (Lipinski definition) is 2. The molecule has 1 amide bonds. The van der Waals surface area contributed by atoms with Crippen molar-refractivity contribution in [3.05, 3.63) is 72.7 Å². The highest BCUT2D eigenvalue weighted by atomic mass is 16.2. The van der Waals surface area contributed by atoms with E-state index < -0.39 is 0 Å². The summed E-state index contributed by atoms with van der Waals surface area (Å²) in [6.45, 7) is 8.17. The highest BCUT2D eigenvalue weighted by Crippen LogP contribution is 2.24. The van der Waals surface area contributed by atoms with Crippen molar-refractivity contribution in [2.75, 3.05) is 13.1 Å². The molecule has 6 heteroatoms. The summed E-state index contributed by atoms with van der Waals surface area (Å²) in [5, 5.41) is 8.52. The lowest BCUT2D eigenvalue weighted by Gasteiger charge is -2.21. The average molecular weight is 432 g/mol. The fourth-order valence-electron chi connectivity index (χ4n) is 4.22. The number of pyridine rings is 1. The zero-order valence-corrected chi connectivity index (χ0v) is 18.8. The first-order valence-corrected chi connectivity index (χ1v) is 11.2. The van der Waals surface area contributed by atoms with Crippen molar-refractivity contribution >= 4 is 28.7 Å². The van der Waals surface area contributed by atoms with Crippen LogP contribution in [0.1, 0.15) is 38.2 Å². The molecule has 6 nitrogen and oxygen atoms in total. The Morgan fingerprint density at radius 3 is 2.94 bits per heavy atom. The van der Waals surface area contributed by atoms with Gasteiger partial charge < -0.3 is 20.6 Å². The van der Waals surface area contributed by atoms with Gasteiger partial charge in [-0.2, -0.15) is 0 Å². The second-order valence-corrected chi connectivity index (χ2v) is 8.18. The molecule has 3 heterocycles. The van der Waals surface area contributed by atoms with E-state index in [0.29, 0.717) is 17.9 Å². The van der Waals surface area contributed by atoms with Crippen LogP contribution in [0.15, 0.2) is 67.2 Å². The Balaban J connectivity index is 1.63. The average Bonchev–Trinajstić information content (AvgIpc) is 3.05. The van der Waals surface area contributed by atoms with E-state index >= 15 is 0 Å². The zero-order valence-electron chi connectivity index (χ0n) is 18.8. The van der Waals surface area contributed by atoms with Crippen molar-refractivity contribution in [2.24, 2.45) is 11.7 Å². The van der Waals surface area contributed by atoms with E-state index in [4.69, 9.17) is 11.1 Å². The normalized spacial score (nSPS) is 18.2. The predicted octanol–water partition coefficient (Wildman–Crippen LogP) is 4.69. The molecular formula is C26H33N5O. The molecule has 0 saturated carbocycles. The Kier molecular flexibility index (Phi) is 8.20. The third kappa shape index (κ3) is 5.63. The summed E-state index contributed by atoms with van der Waals surface area (Å²) in [5.41, 5.74) is 9.08. The predicted molar refractivity (Wildman–Crippen MR) is 132 cm³/mol. The Bertz CT molecular complexity index is 1060. The van der Waals surface area contributed by atoms with Gasteiger partial charge >= 0.3 is 0 Å². The van der Waals surface area contributed by atoms with E-state index in [1.54, 1.807) is 12.3 Å². The van der Waals surface area contributed by atoms with E-state index in [0.717, 1.165) is 61.1 Å². The van der Waals surface area contributed by atoms with E-state index in [-0.39, 0.29) is 5.91 Å². The number of aromatic nitrogens is 2. The van der Waals surface area contributed by atoms with Gasteiger partial charge in [0.15, 0.2) is 0 Å². The maximum atomic E-state index is 12.8. The molecule has 1 aliphatic heterocycles. The number of hydrogen-bond acceptors (Lipinski definition) is 4. The third-order valence-electron chi connectivity index (χ3n) is 6.10. The Morgan fingerprint density at radius 1 is 1.38 bits per heavy atom. The van der Waals surface area contributed by atoms with E-state index in [1.165, 1.54) is 12.4 Å². The monoisotopic (exact) mass is 431 g/mol. The summed E-state index contributed by atoms with van der Waals surface area (Å²) in [7, 11) is 0. The van der Waals surface area contributed by atoms with Crippen LogP contribution in [0.2, 0.25) is 0 Å². The second kappa shape index (κ2) is 11.3. The molecule has 0 bridgehead atoms. The summed E-state index contributed by atoms with van der Waals surface area (Å²) in [4.78, 5) is 19.5. The van der Waals surface area contributed by atoms with Crippen LogP contribution in [-0.4, -0.2) is 39.7 Å². The number of rotatable bonds is 8. The van der Waals surface area contributed by atoms with Crippen molar-refractivity contribution in [1.29, 1.82) is 5.41 Å². The van der Waals surface area contributed by atoms with Gasteiger partial charge in [0.2, 0.25) is 5.91 Å². The van der Waals surface area contributed by atoms with Crippen LogP contribution in [0.3, 0.4) is 0 Å². The van der Waals surface area contributed by atoms with Crippen LogP contribution in [0.25, 0.3) is 16.6 Å². The first-order valence-electron chi connectivity index (χ1n) is 11.2. The molecular weight excluding hydrogens is 398 g/mol. The molecule has 2 aromatic rings. The fraction of sp³-hybridized carbons (Fsp3) is 0.346. The largest absolute Gasteiger partial charge is 0.404 e. The van der Waals surface area contributed by atoms with Crippen molar-refractivity contribution in [3.8, 4) is 0 Å². The van der Waals surface area contributed by atoms with Crippen molar-refractivity contribution < 1.29 is 4.79 Å². The van der Waals surface area contributed by atoms with Crippen LogP contribution in [-0.2, 0) is 11.3 Å². The van der Waals surface area contributed by atoms with Crippen LogP contribution < -0.4 is 5.73 Å². The van der Waals surface area contributed by atoms with Gasteiger partial charge in [-0.05, 0) is 49.8 Å². The molecule has 1 unspecified atom stereocenters. The lowest BCUT2D eigenvalue weighted by Crippen LogP contribution is -2.32. The van der Waals surface area contributed by atoms with E-state index in [2.05, 4.69) is 28.4 Å². The quantitative estimate of drug-likeness (QED) is 0.469. The van der Waals surface area contributed by atoms with Gasteiger partial charge in [-0.3, -0.25) is 4.79 Å². The van der Waals surface area contributed by atoms with Gasteiger partial charge in [0.1, 0.15) is 5.65 Å². The number of carbonyl (C=O) groups excluding carboxylic acids is 1. The molecule has 3 rings (SSSR count). The first-order chi connectivity index (χ1) is 15.6. The second-order valence-electron chi connectivity index (χ2n) is 8.18. The molecule has 1 atom stereocenters. The zero-order chi connectivity index (χ0) is 22.9. The Morgan fingerprint density at radius 2 is 2.22 bits per heavy atom. The lowest BCUT2D eigenvalue weighted by atomic mass is 10.0. The number of allylic oxidation sites excluding steroid dienone is 5. The summed E-state index contributed by atoms with van der Waals surface area (Å²) in [6.07, 6.45) is 17.6. The Labute approximate surface area is 190 Å². The highest BCUT2D eigenvalue weighted by molar-refractivity contribution is 6.08. The van der Waals surface area contributed by atoms with Gasteiger partial charge in [0, 0.05) is 61.0 Å². The number of amides is 1. The third-order valence-corrected chi connectivity index (χ3v) is 6.10. The number of likely N-dealkylation sites (tertiary alicyclic amines) is 1. The summed E-state index contributed by atoms with van der Waals surface area (Å²) >= 11 is 0. The van der Waals surface area contributed by atoms with Crippen LogP contribution in [0.5, 0.6) is 0 Å². The molecule has 1 fully saturated rings. The van der Waals surface area contributed by atoms with Gasteiger partial charge in [-0.1, -0.05) is 30.9 Å². The molecule has 1 saturated heterocycles. The van der Waals surface area contributed by atoms with Crippen LogP contribution in [0, 0.1) is 11.3 Å². The molecule has 0 aromatic carbocycles. The van der Waals surface area contributed by atoms with Gasteiger partial charge in [0.25, 0.3) is 0 Å². The van der Waals surface area contributed by atoms with Crippen molar-refractivity contribution in [2.45, 2.75) is 39.2 Å². The molecule has 0 aliphatic carbocycles. The Hall–Kier alpha value is -3.41. The minimum Gasteiger partial charge on any atom is -0.404 e. The van der Waals surface area contributed by atoms with Gasteiger partial charge in [-0.25, -0.2) is 4.98 Å². The maximum absolute atomic E-state index is 12.8. The molecule has 0 spiro atoms. The van der Waals surface area contributed by atoms with Crippen molar-refractivity contribution in [3.63, 3.8) is 0 Å². The van der Waals surface area contributed by atoms with E-state index in [9.17, 15) is 4.79 Å². The van der Waals surface area contributed by atoms with Crippen molar-refractivity contribution in [1.82, 2.24) is 14.5 Å². The molecule has 1 aliphatic rings. The minimum absolute atomic E-state index is 0.197. The van der Waals surface area contributed by atoms with Gasteiger partial charge in [0.05, 0.1) is 6.42 Å². The van der Waals surface area contributed by atoms with Crippen LogP contribution >= 0.6 is 0 Å². The highest BCUT2D eigenvalue weighted by Gasteiger charge is 2.21. The minimum atomic E-state index is 0.197. The number of nitrogens with one attached hydrogen (secondary N) is 1. The fourth-order valence-corrected chi connectivity index (χ4v) is 4.22. The SMILES string of the molecule is C=C/C=C\C(=C/C)CC(=O)N1CCCC(Cn2ccc3cc(/C(C=N)=C/N)cnc32)CC1. The number of carbonyl (C=O) groups is 1. The molecule has 168 valence electrons. The van der Waals surface area contributed by atoms with Crippen LogP contribution in [0.4, 0.5) is 0 Å². The van der Waals surface area contributed by atoms with Gasteiger partial charge in [-0.15, -0.1) is 0 Å². The standard InChI is InChI=1S/C26H33N5O/c1-3-5-7-20(4-2)14-25(32)30-11-6-8-21(9-12-30)19-31-13-10-22-15-23(18-29-26(22)31)24(16-27)17-28/h3-5,7,10,13,15-18,21,27H,1,6,8-9,11-12,14,19,28H2,2H3/b7-5-,20-4+,24-17+,27-16?. The smallest absolute Gasteiger partial charge is 0.226 e. The maximum Gasteiger partial charge on any atom is 0.226 e. The van der Waals surface area contributed by atoms with E-state index in [1.807, 2.05) is 36.1 Å². The lowest BCUT2D eigenvalue weighted by molar-refractivity contribution is -0.130. The summed E-state index contributed by atoms with van der Waals surface area (Å²) < 4.78 is 2.20. The topological polar surface area (TPSA) is 88.0 Å². The molecule has 0 radical (unpaired) electrons. The number of fused-ring (bicyclic) bond motifs is 1. The molecule has 32 heavy (non-hydrogen) atoms. The number of nitrogens with two attached hydrogens (primary N) is 1. The summed E-state index contributed by atoms with van der Waals surface area (Å²) in [5.74, 6) is 0.704. The number of nitrogens with zero attached hydrogens (tertiary/aromatic N) is 3. The molecule has 2 aromatic heterocycles.